The number of aromatic nitrogens is 1. The van der Waals surface area contributed by atoms with Crippen molar-refractivity contribution < 1.29 is 18.0 Å². The second kappa shape index (κ2) is 4.80. The highest BCUT2D eigenvalue weighted by atomic mass is 79.9. The van der Waals surface area contributed by atoms with Crippen LogP contribution in [0.1, 0.15) is 12.1 Å². The Kier molecular flexibility index (Phi) is 3.68. The first kappa shape index (κ1) is 13.8. The molecular weight excluding hydrogens is 381 g/mol. The summed E-state index contributed by atoms with van der Waals surface area (Å²) in [6.07, 6.45) is -4.29. The fraction of sp³-hybridized carbons (Fsp3) is 0.400. The molecule has 8 heteroatoms. The monoisotopic (exact) mass is 386 g/mol. The lowest BCUT2D eigenvalue weighted by molar-refractivity contribution is -0.141. The van der Waals surface area contributed by atoms with E-state index in [2.05, 4.69) is 36.8 Å². The first-order valence-corrected chi connectivity index (χ1v) is 6.68. The average Bonchev–Trinajstić information content (AvgIpc) is 2.57. The number of hydrogen-bond acceptors (Lipinski definition) is 2. The van der Waals surface area contributed by atoms with Gasteiger partial charge in [-0.25, -0.2) is 4.98 Å². The van der Waals surface area contributed by atoms with Gasteiger partial charge in [-0.15, -0.1) is 0 Å². The van der Waals surface area contributed by atoms with Crippen molar-refractivity contribution in [3.63, 3.8) is 0 Å². The van der Waals surface area contributed by atoms with E-state index in [1.165, 1.54) is 17.0 Å². The van der Waals surface area contributed by atoms with Gasteiger partial charge < -0.3 is 0 Å². The van der Waals surface area contributed by atoms with Crippen LogP contribution in [-0.4, -0.2) is 22.3 Å². The molecule has 1 aromatic rings. The maximum absolute atomic E-state index is 12.7. The normalized spacial score (nSPS) is 20.6. The molecule has 1 amide bonds. The maximum atomic E-state index is 12.7. The molecule has 1 aliphatic heterocycles. The van der Waals surface area contributed by atoms with E-state index in [-0.39, 0.29) is 27.4 Å². The van der Waals surface area contributed by atoms with Crippen molar-refractivity contribution in [3.8, 4) is 0 Å². The maximum Gasteiger partial charge on any atom is 0.434 e. The third kappa shape index (κ3) is 2.69. The molecule has 0 spiro atoms. The Labute approximate surface area is 118 Å². The van der Waals surface area contributed by atoms with Gasteiger partial charge in [-0.2, -0.15) is 13.2 Å². The van der Waals surface area contributed by atoms with Crippen molar-refractivity contribution in [2.75, 3.05) is 11.4 Å². The fourth-order valence-electron chi connectivity index (χ4n) is 1.67. The van der Waals surface area contributed by atoms with Crippen molar-refractivity contribution >= 4 is 43.6 Å². The molecule has 1 atom stereocenters. The summed E-state index contributed by atoms with van der Waals surface area (Å²) in [5, 5.41) is 0. The van der Waals surface area contributed by atoms with Crippen LogP contribution >= 0.6 is 31.9 Å². The number of carbonyl (C=O) groups excluding carboxylic acids is 1. The molecule has 18 heavy (non-hydrogen) atoms. The van der Waals surface area contributed by atoms with Crippen LogP contribution < -0.4 is 4.90 Å². The van der Waals surface area contributed by atoms with Gasteiger partial charge >= 0.3 is 6.18 Å². The number of nitrogens with zero attached hydrogens (tertiary/aromatic N) is 2. The van der Waals surface area contributed by atoms with Crippen molar-refractivity contribution in [2.45, 2.75) is 17.4 Å². The van der Waals surface area contributed by atoms with Gasteiger partial charge in [-0.3, -0.25) is 9.69 Å². The molecule has 2 rings (SSSR count). The molecule has 0 N–H and O–H groups in total. The second-order valence-electron chi connectivity index (χ2n) is 3.80. The van der Waals surface area contributed by atoms with Gasteiger partial charge in [-0.1, -0.05) is 15.9 Å². The van der Waals surface area contributed by atoms with Crippen LogP contribution in [0.3, 0.4) is 0 Å². The summed E-state index contributed by atoms with van der Waals surface area (Å²) < 4.78 is 37.9. The zero-order valence-corrected chi connectivity index (χ0v) is 12.0. The van der Waals surface area contributed by atoms with E-state index in [0.29, 0.717) is 6.54 Å². The zero-order valence-electron chi connectivity index (χ0n) is 8.84. The van der Waals surface area contributed by atoms with Crippen molar-refractivity contribution in [1.82, 2.24) is 4.98 Å². The minimum absolute atomic E-state index is 0.0254. The summed E-state index contributed by atoms with van der Waals surface area (Å²) in [7, 11) is 0. The quantitative estimate of drug-likeness (QED) is 0.692. The summed E-state index contributed by atoms with van der Waals surface area (Å²) in [5.41, 5.74) is -1.02. The Morgan fingerprint density at radius 3 is 2.56 bits per heavy atom. The fourth-order valence-corrected chi connectivity index (χ4v) is 2.68. The van der Waals surface area contributed by atoms with Crippen LogP contribution in [0.25, 0.3) is 0 Å². The van der Waals surface area contributed by atoms with E-state index < -0.39 is 11.9 Å². The molecule has 3 nitrogen and oxygen atoms in total. The third-order valence-corrected chi connectivity index (χ3v) is 3.71. The molecule has 2 heterocycles. The number of rotatable bonds is 1. The lowest BCUT2D eigenvalue weighted by Crippen LogP contribution is -2.26. The van der Waals surface area contributed by atoms with Crippen molar-refractivity contribution in [3.05, 3.63) is 22.3 Å². The molecular formula is C10H7Br2F3N2O. The minimum Gasteiger partial charge on any atom is -0.296 e. The number of alkyl halides is 4. The van der Waals surface area contributed by atoms with Crippen LogP contribution in [-0.2, 0) is 11.0 Å². The Hall–Kier alpha value is -0.630. The topological polar surface area (TPSA) is 33.2 Å². The largest absolute Gasteiger partial charge is 0.434 e. The Bertz CT molecular complexity index is 493. The van der Waals surface area contributed by atoms with Gasteiger partial charge in [0.25, 0.3) is 0 Å². The molecule has 1 aromatic heterocycles. The molecule has 0 aromatic carbocycles. The summed E-state index contributed by atoms with van der Waals surface area (Å²) in [6, 6.07) is 2.64. The number of pyridine rings is 1. The van der Waals surface area contributed by atoms with Crippen molar-refractivity contribution in [1.29, 1.82) is 0 Å². The molecule has 1 fully saturated rings. The zero-order chi connectivity index (χ0) is 13.5. The molecule has 1 unspecified atom stereocenters. The van der Waals surface area contributed by atoms with Gasteiger partial charge in [0.1, 0.15) is 5.82 Å². The van der Waals surface area contributed by atoms with Crippen molar-refractivity contribution in [2.24, 2.45) is 0 Å². The van der Waals surface area contributed by atoms with Gasteiger partial charge in [0.15, 0.2) is 5.69 Å². The van der Waals surface area contributed by atoms with Crippen LogP contribution in [0.2, 0.25) is 0 Å². The number of halogens is 5. The SMILES string of the molecule is O=C1CC(Br)CN1c1ccc(Br)c(C(F)(F)F)n1. The van der Waals surface area contributed by atoms with Crippen LogP contribution in [0.5, 0.6) is 0 Å². The Morgan fingerprint density at radius 2 is 2.06 bits per heavy atom. The minimum atomic E-state index is -4.55. The van der Waals surface area contributed by atoms with E-state index in [4.69, 9.17) is 0 Å². The van der Waals surface area contributed by atoms with Gasteiger partial charge in [0.2, 0.25) is 5.91 Å². The molecule has 1 aliphatic rings. The van der Waals surface area contributed by atoms with Crippen LogP contribution in [0, 0.1) is 0 Å². The second-order valence-corrected chi connectivity index (χ2v) is 5.95. The lowest BCUT2D eigenvalue weighted by atomic mass is 10.3. The van der Waals surface area contributed by atoms with E-state index in [9.17, 15) is 18.0 Å². The highest BCUT2D eigenvalue weighted by Crippen LogP contribution is 2.35. The molecule has 0 saturated carbocycles. The molecule has 1 saturated heterocycles. The van der Waals surface area contributed by atoms with E-state index >= 15 is 0 Å². The van der Waals surface area contributed by atoms with Gasteiger partial charge in [0.05, 0.1) is 0 Å². The summed E-state index contributed by atoms with van der Waals surface area (Å²) in [4.78, 5) is 16.3. The average molecular weight is 388 g/mol. The van der Waals surface area contributed by atoms with Gasteiger partial charge in [-0.05, 0) is 28.1 Å². The first-order valence-electron chi connectivity index (χ1n) is 4.97. The highest BCUT2D eigenvalue weighted by molar-refractivity contribution is 9.10. The Balaban J connectivity index is 2.39. The number of hydrogen-bond donors (Lipinski definition) is 0. The summed E-state index contributed by atoms with van der Waals surface area (Å²) in [6.45, 7) is 0.324. The molecule has 0 aliphatic carbocycles. The van der Waals surface area contributed by atoms with E-state index in [1.807, 2.05) is 0 Å². The number of amides is 1. The predicted octanol–water partition coefficient (Wildman–Crippen LogP) is 3.36. The van der Waals surface area contributed by atoms with Crippen LogP contribution in [0.4, 0.5) is 19.0 Å². The molecule has 0 bridgehead atoms. The number of anilines is 1. The third-order valence-electron chi connectivity index (χ3n) is 2.45. The van der Waals surface area contributed by atoms with E-state index in [1.54, 1.807) is 0 Å². The van der Waals surface area contributed by atoms with Gasteiger partial charge in [0, 0.05) is 22.3 Å². The smallest absolute Gasteiger partial charge is 0.296 e. The Morgan fingerprint density at radius 1 is 1.39 bits per heavy atom. The standard InChI is InChI=1S/C10H7Br2F3N2O/c11-5-3-8(18)17(4-5)7-2-1-6(12)9(16-7)10(13,14)15/h1-2,5H,3-4H2. The summed E-state index contributed by atoms with van der Waals surface area (Å²) in [5.74, 6) is -0.211. The first-order chi connectivity index (χ1) is 8.29. The van der Waals surface area contributed by atoms with Crippen LogP contribution in [0.15, 0.2) is 16.6 Å². The van der Waals surface area contributed by atoms with E-state index in [0.717, 1.165) is 0 Å². The number of carbonyl (C=O) groups is 1. The predicted molar refractivity (Wildman–Crippen MR) is 66.6 cm³/mol. The molecule has 0 radical (unpaired) electrons. The molecule has 98 valence electrons. The summed E-state index contributed by atoms with van der Waals surface area (Å²) >= 11 is 6.07. The highest BCUT2D eigenvalue weighted by Gasteiger charge is 2.37. The lowest BCUT2D eigenvalue weighted by Gasteiger charge is -2.17.